The predicted octanol–water partition coefficient (Wildman–Crippen LogP) is 0.562. The van der Waals surface area contributed by atoms with Crippen molar-refractivity contribution >= 4 is 5.96 Å². The van der Waals surface area contributed by atoms with Crippen LogP contribution in [0.1, 0.15) is 5.56 Å². The lowest BCUT2D eigenvalue weighted by atomic mass is 10.2. The third-order valence-corrected chi connectivity index (χ3v) is 2.50. The van der Waals surface area contributed by atoms with Gasteiger partial charge in [-0.2, -0.15) is 0 Å². The third kappa shape index (κ3) is 2.85. The van der Waals surface area contributed by atoms with Crippen molar-refractivity contribution in [1.82, 2.24) is 25.2 Å². The van der Waals surface area contributed by atoms with Crippen molar-refractivity contribution in [2.45, 2.75) is 6.54 Å². The normalized spacial score (nSPS) is 11.3. The van der Waals surface area contributed by atoms with Crippen LogP contribution in [0.3, 0.4) is 0 Å². The molecule has 0 aliphatic heterocycles. The zero-order valence-electron chi connectivity index (χ0n) is 10.5. The van der Waals surface area contributed by atoms with Crippen LogP contribution in [-0.4, -0.2) is 34.6 Å². The highest BCUT2D eigenvalue weighted by atomic mass is 15.1. The number of guanidine groups is 1. The molecule has 0 saturated carbocycles. The average Bonchev–Trinajstić information content (AvgIpc) is 2.94. The largest absolute Gasteiger partial charge is 0.359 e. The molecule has 2 rings (SSSR count). The number of rotatable bonds is 3. The van der Waals surface area contributed by atoms with E-state index in [1.165, 1.54) is 0 Å². The monoisotopic (exact) mass is 244 g/mol. The average molecular weight is 244 g/mol. The SMILES string of the molecule is CN=C(NC)NCc1ccnc(-n2ccnc2)c1. The molecule has 94 valence electrons. The van der Waals surface area contributed by atoms with Gasteiger partial charge in [0.15, 0.2) is 5.96 Å². The zero-order chi connectivity index (χ0) is 12.8. The van der Waals surface area contributed by atoms with Gasteiger partial charge in [0.25, 0.3) is 0 Å². The molecule has 0 aliphatic carbocycles. The molecule has 2 aromatic rings. The first kappa shape index (κ1) is 12.1. The van der Waals surface area contributed by atoms with Gasteiger partial charge in [0.2, 0.25) is 0 Å². The Labute approximate surface area is 106 Å². The fourth-order valence-electron chi connectivity index (χ4n) is 1.57. The fourth-order valence-corrected chi connectivity index (χ4v) is 1.57. The molecular formula is C12H16N6. The highest BCUT2D eigenvalue weighted by molar-refractivity contribution is 5.79. The van der Waals surface area contributed by atoms with Gasteiger partial charge in [-0.15, -0.1) is 0 Å². The van der Waals surface area contributed by atoms with Crippen molar-refractivity contribution in [2.24, 2.45) is 4.99 Å². The van der Waals surface area contributed by atoms with E-state index in [0.717, 1.165) is 17.3 Å². The van der Waals surface area contributed by atoms with Crippen LogP contribution in [0.25, 0.3) is 5.82 Å². The molecule has 2 aromatic heterocycles. The molecule has 6 nitrogen and oxygen atoms in total. The Morgan fingerprint density at radius 1 is 1.44 bits per heavy atom. The first-order valence-electron chi connectivity index (χ1n) is 5.65. The van der Waals surface area contributed by atoms with Crippen LogP contribution in [0, 0.1) is 0 Å². The molecule has 0 saturated heterocycles. The Kier molecular flexibility index (Phi) is 3.90. The van der Waals surface area contributed by atoms with Crippen LogP contribution < -0.4 is 10.6 Å². The Hall–Kier alpha value is -2.37. The van der Waals surface area contributed by atoms with Gasteiger partial charge in [0, 0.05) is 39.2 Å². The molecule has 0 spiro atoms. The van der Waals surface area contributed by atoms with Crippen molar-refractivity contribution in [3.05, 3.63) is 42.6 Å². The second kappa shape index (κ2) is 5.81. The summed E-state index contributed by atoms with van der Waals surface area (Å²) >= 11 is 0. The van der Waals surface area contributed by atoms with Gasteiger partial charge in [-0.3, -0.25) is 9.56 Å². The van der Waals surface area contributed by atoms with E-state index in [-0.39, 0.29) is 0 Å². The highest BCUT2D eigenvalue weighted by Crippen LogP contribution is 2.06. The summed E-state index contributed by atoms with van der Waals surface area (Å²) in [5, 5.41) is 6.17. The number of aromatic nitrogens is 3. The number of imidazole rings is 1. The molecule has 0 amide bonds. The minimum atomic E-state index is 0.692. The lowest BCUT2D eigenvalue weighted by molar-refractivity contribution is 0.858. The van der Waals surface area contributed by atoms with Crippen LogP contribution in [0.4, 0.5) is 0 Å². The lowest BCUT2D eigenvalue weighted by Gasteiger charge is -2.09. The quantitative estimate of drug-likeness (QED) is 0.611. The molecule has 2 heterocycles. The smallest absolute Gasteiger partial charge is 0.190 e. The Morgan fingerprint density at radius 3 is 3.00 bits per heavy atom. The van der Waals surface area contributed by atoms with Gasteiger partial charge < -0.3 is 10.6 Å². The topological polar surface area (TPSA) is 67.1 Å². The summed E-state index contributed by atoms with van der Waals surface area (Å²) in [4.78, 5) is 12.4. The van der Waals surface area contributed by atoms with Gasteiger partial charge in [-0.1, -0.05) is 0 Å². The maximum Gasteiger partial charge on any atom is 0.190 e. The number of hydrogen-bond donors (Lipinski definition) is 2. The van der Waals surface area contributed by atoms with Gasteiger partial charge in [-0.25, -0.2) is 9.97 Å². The molecule has 0 bridgehead atoms. The summed E-state index contributed by atoms with van der Waals surface area (Å²) in [6.07, 6.45) is 7.11. The number of aliphatic imine (C=N–C) groups is 1. The molecule has 6 heteroatoms. The van der Waals surface area contributed by atoms with Crippen LogP contribution in [0.2, 0.25) is 0 Å². The summed E-state index contributed by atoms with van der Waals surface area (Å²) in [6, 6.07) is 3.98. The summed E-state index contributed by atoms with van der Waals surface area (Å²) in [5.74, 6) is 1.61. The summed E-state index contributed by atoms with van der Waals surface area (Å²) in [5.41, 5.74) is 1.13. The van der Waals surface area contributed by atoms with Crippen LogP contribution in [0.5, 0.6) is 0 Å². The summed E-state index contributed by atoms with van der Waals surface area (Å²) in [7, 11) is 3.57. The van der Waals surface area contributed by atoms with E-state index in [1.54, 1.807) is 25.8 Å². The van der Waals surface area contributed by atoms with Crippen molar-refractivity contribution in [3.8, 4) is 5.82 Å². The van der Waals surface area contributed by atoms with Crippen molar-refractivity contribution in [3.63, 3.8) is 0 Å². The Balaban J connectivity index is 2.09. The second-order valence-corrected chi connectivity index (χ2v) is 3.67. The molecule has 2 N–H and O–H groups in total. The van der Waals surface area contributed by atoms with E-state index in [0.29, 0.717) is 6.54 Å². The Bertz CT molecular complexity index is 517. The lowest BCUT2D eigenvalue weighted by Crippen LogP contribution is -2.34. The van der Waals surface area contributed by atoms with E-state index in [2.05, 4.69) is 25.6 Å². The zero-order valence-corrected chi connectivity index (χ0v) is 10.5. The molecular weight excluding hydrogens is 228 g/mol. The number of nitrogens with one attached hydrogen (secondary N) is 2. The van der Waals surface area contributed by atoms with Crippen molar-refractivity contribution in [2.75, 3.05) is 14.1 Å². The van der Waals surface area contributed by atoms with Gasteiger partial charge in [0.1, 0.15) is 12.1 Å². The molecule has 0 unspecified atom stereocenters. The number of pyridine rings is 1. The third-order valence-electron chi connectivity index (χ3n) is 2.50. The van der Waals surface area contributed by atoms with E-state index < -0.39 is 0 Å². The minimum absolute atomic E-state index is 0.692. The van der Waals surface area contributed by atoms with Crippen LogP contribution >= 0.6 is 0 Å². The van der Waals surface area contributed by atoms with Crippen LogP contribution in [-0.2, 0) is 6.54 Å². The van der Waals surface area contributed by atoms with Gasteiger partial charge >= 0.3 is 0 Å². The number of hydrogen-bond acceptors (Lipinski definition) is 3. The highest BCUT2D eigenvalue weighted by Gasteiger charge is 2.00. The van der Waals surface area contributed by atoms with Gasteiger partial charge in [-0.05, 0) is 17.7 Å². The first-order valence-corrected chi connectivity index (χ1v) is 5.65. The van der Waals surface area contributed by atoms with E-state index in [1.807, 2.05) is 29.9 Å². The Morgan fingerprint density at radius 2 is 2.33 bits per heavy atom. The maximum atomic E-state index is 4.30. The van der Waals surface area contributed by atoms with Gasteiger partial charge in [0.05, 0.1) is 0 Å². The maximum absolute atomic E-state index is 4.30. The molecule has 0 fully saturated rings. The molecule has 18 heavy (non-hydrogen) atoms. The van der Waals surface area contributed by atoms with Crippen LogP contribution in [0.15, 0.2) is 42.0 Å². The summed E-state index contributed by atoms with van der Waals surface area (Å²) in [6.45, 7) is 0.692. The standard InChI is InChI=1S/C12H16N6/c1-13-12(14-2)17-8-10-3-4-16-11(7-10)18-6-5-15-9-18/h3-7,9H,8H2,1-2H3,(H2,13,14,17). The molecule has 0 aromatic carbocycles. The molecule has 0 radical (unpaired) electrons. The minimum Gasteiger partial charge on any atom is -0.359 e. The van der Waals surface area contributed by atoms with E-state index in [4.69, 9.17) is 0 Å². The van der Waals surface area contributed by atoms with E-state index in [9.17, 15) is 0 Å². The summed E-state index contributed by atoms with van der Waals surface area (Å²) < 4.78 is 1.87. The first-order chi connectivity index (χ1) is 8.83. The van der Waals surface area contributed by atoms with Crippen molar-refractivity contribution < 1.29 is 0 Å². The molecule has 0 aliphatic rings. The number of nitrogens with zero attached hydrogens (tertiary/aromatic N) is 4. The predicted molar refractivity (Wildman–Crippen MR) is 70.6 cm³/mol. The fraction of sp³-hybridized carbons (Fsp3) is 0.250. The molecule has 0 atom stereocenters. The van der Waals surface area contributed by atoms with Crippen molar-refractivity contribution in [1.29, 1.82) is 0 Å². The van der Waals surface area contributed by atoms with E-state index >= 15 is 0 Å². The second-order valence-electron chi connectivity index (χ2n) is 3.67.